The van der Waals surface area contributed by atoms with Gasteiger partial charge in [0.25, 0.3) is 5.56 Å². The van der Waals surface area contributed by atoms with E-state index in [1.54, 1.807) is 19.5 Å². The third kappa shape index (κ3) is 3.73. The number of H-pyrrole nitrogens is 1. The molecule has 7 nitrogen and oxygen atoms in total. The van der Waals surface area contributed by atoms with Crippen LogP contribution in [-0.2, 0) is 19.5 Å². The van der Waals surface area contributed by atoms with Crippen molar-refractivity contribution < 1.29 is 4.74 Å². The van der Waals surface area contributed by atoms with Gasteiger partial charge in [0.15, 0.2) is 5.82 Å². The van der Waals surface area contributed by atoms with Crippen molar-refractivity contribution in [3.63, 3.8) is 0 Å². The Morgan fingerprint density at radius 1 is 1.26 bits per heavy atom. The van der Waals surface area contributed by atoms with Gasteiger partial charge in [-0.15, -0.1) is 0 Å². The average Bonchev–Trinajstić information content (AvgIpc) is 2.69. The molecule has 1 aliphatic rings. The van der Waals surface area contributed by atoms with E-state index in [1.165, 1.54) is 0 Å². The van der Waals surface area contributed by atoms with E-state index in [2.05, 4.69) is 30.9 Å². The van der Waals surface area contributed by atoms with Gasteiger partial charge in [-0.05, 0) is 24.6 Å². The Morgan fingerprint density at radius 2 is 2.15 bits per heavy atom. The first kappa shape index (κ1) is 17.4. The molecule has 1 aliphatic heterocycles. The minimum Gasteiger partial charge on any atom is -0.497 e. The van der Waals surface area contributed by atoms with Crippen LogP contribution in [0.5, 0.6) is 5.75 Å². The summed E-state index contributed by atoms with van der Waals surface area (Å²) in [7, 11) is 1.66. The van der Waals surface area contributed by atoms with Gasteiger partial charge in [-0.2, -0.15) is 0 Å². The summed E-state index contributed by atoms with van der Waals surface area (Å²) in [5.74, 6) is 1.32. The fourth-order valence-electron chi connectivity index (χ4n) is 3.28. The number of nitrogens with zero attached hydrogens (tertiary/aromatic N) is 4. The van der Waals surface area contributed by atoms with Gasteiger partial charge in [-0.1, -0.05) is 12.1 Å². The van der Waals surface area contributed by atoms with E-state index < -0.39 is 0 Å². The average molecular weight is 363 g/mol. The number of aryl methyl sites for hydroxylation is 1. The number of fused-ring (bicyclic) bond motifs is 1. The van der Waals surface area contributed by atoms with Gasteiger partial charge in [0, 0.05) is 32.3 Å². The van der Waals surface area contributed by atoms with Gasteiger partial charge in [0.1, 0.15) is 11.4 Å². The predicted octanol–water partition coefficient (Wildman–Crippen LogP) is 2.10. The molecule has 138 valence electrons. The Bertz CT molecular complexity index is 1010. The third-order valence-corrected chi connectivity index (χ3v) is 4.71. The second kappa shape index (κ2) is 7.28. The molecule has 2 aromatic heterocycles. The van der Waals surface area contributed by atoms with Crippen LogP contribution in [0.25, 0.3) is 11.5 Å². The highest BCUT2D eigenvalue weighted by molar-refractivity contribution is 5.48. The van der Waals surface area contributed by atoms with Crippen LogP contribution in [0.1, 0.15) is 22.5 Å². The lowest BCUT2D eigenvalue weighted by Crippen LogP contribution is -2.35. The summed E-state index contributed by atoms with van der Waals surface area (Å²) in [5, 5.41) is 0. The standard InChI is InChI=1S/C20H21N5O2/c1-13-9-22-18(10-21-13)19-23-17-6-7-25(12-16(17)20(26)24-19)11-14-4-3-5-15(8-14)27-2/h3-5,8-10H,6-7,11-12H2,1-2H3,(H,23,24,26). The molecule has 1 aromatic carbocycles. The predicted molar refractivity (Wildman–Crippen MR) is 101 cm³/mol. The van der Waals surface area contributed by atoms with Crippen molar-refractivity contribution in [2.24, 2.45) is 0 Å². The second-order valence-electron chi connectivity index (χ2n) is 6.69. The van der Waals surface area contributed by atoms with Gasteiger partial charge in [0.2, 0.25) is 0 Å². The van der Waals surface area contributed by atoms with E-state index in [-0.39, 0.29) is 5.56 Å². The van der Waals surface area contributed by atoms with Crippen molar-refractivity contribution in [3.05, 3.63) is 69.5 Å². The fraction of sp³-hybridized carbons (Fsp3) is 0.300. The Balaban J connectivity index is 1.56. The molecule has 0 spiro atoms. The Labute approximate surface area is 157 Å². The first-order valence-corrected chi connectivity index (χ1v) is 8.89. The molecular formula is C20H21N5O2. The number of rotatable bonds is 4. The van der Waals surface area contributed by atoms with Gasteiger partial charge in [-0.25, -0.2) is 9.97 Å². The summed E-state index contributed by atoms with van der Waals surface area (Å²) in [6.07, 6.45) is 4.04. The number of methoxy groups -OCH3 is 1. The largest absolute Gasteiger partial charge is 0.497 e. The summed E-state index contributed by atoms with van der Waals surface area (Å²) in [6, 6.07) is 8.01. The lowest BCUT2D eigenvalue weighted by molar-refractivity contribution is 0.241. The van der Waals surface area contributed by atoms with Crippen molar-refractivity contribution in [2.45, 2.75) is 26.4 Å². The quantitative estimate of drug-likeness (QED) is 0.764. The summed E-state index contributed by atoms with van der Waals surface area (Å²) >= 11 is 0. The highest BCUT2D eigenvalue weighted by Gasteiger charge is 2.22. The second-order valence-corrected chi connectivity index (χ2v) is 6.69. The summed E-state index contributed by atoms with van der Waals surface area (Å²) in [6.45, 7) is 4.06. The number of aromatic amines is 1. The Kier molecular flexibility index (Phi) is 4.68. The summed E-state index contributed by atoms with van der Waals surface area (Å²) in [5.41, 5.74) is 4.04. The van der Waals surface area contributed by atoms with Crippen molar-refractivity contribution >= 4 is 0 Å². The Hall–Kier alpha value is -3.06. The maximum absolute atomic E-state index is 12.6. The monoisotopic (exact) mass is 363 g/mol. The minimum absolute atomic E-state index is 0.104. The van der Waals surface area contributed by atoms with Crippen molar-refractivity contribution in [3.8, 4) is 17.3 Å². The molecule has 0 unspecified atom stereocenters. The first-order chi connectivity index (χ1) is 13.1. The molecule has 0 bridgehead atoms. The van der Waals surface area contributed by atoms with Crippen LogP contribution in [0, 0.1) is 6.92 Å². The van der Waals surface area contributed by atoms with Gasteiger partial charge in [-0.3, -0.25) is 14.7 Å². The van der Waals surface area contributed by atoms with E-state index in [0.717, 1.165) is 47.8 Å². The lowest BCUT2D eigenvalue weighted by Gasteiger charge is -2.27. The highest BCUT2D eigenvalue weighted by Crippen LogP contribution is 2.20. The molecule has 0 saturated carbocycles. The van der Waals surface area contributed by atoms with Crippen LogP contribution in [0.3, 0.4) is 0 Å². The first-order valence-electron chi connectivity index (χ1n) is 8.89. The summed E-state index contributed by atoms with van der Waals surface area (Å²) < 4.78 is 5.29. The Morgan fingerprint density at radius 3 is 2.93 bits per heavy atom. The van der Waals surface area contributed by atoms with Crippen LogP contribution < -0.4 is 10.3 Å². The molecule has 0 radical (unpaired) electrons. The number of aromatic nitrogens is 4. The van der Waals surface area contributed by atoms with Gasteiger partial charge < -0.3 is 9.72 Å². The van der Waals surface area contributed by atoms with E-state index >= 15 is 0 Å². The molecule has 0 aliphatic carbocycles. The van der Waals surface area contributed by atoms with Crippen molar-refractivity contribution in [1.82, 2.24) is 24.8 Å². The molecule has 4 rings (SSSR count). The highest BCUT2D eigenvalue weighted by atomic mass is 16.5. The molecule has 0 atom stereocenters. The number of benzene rings is 1. The normalized spacial score (nSPS) is 14.0. The molecule has 0 amide bonds. The van der Waals surface area contributed by atoms with Crippen molar-refractivity contribution in [1.29, 1.82) is 0 Å². The topological polar surface area (TPSA) is 84.0 Å². The smallest absolute Gasteiger partial charge is 0.255 e. The molecule has 0 saturated heterocycles. The molecule has 1 N–H and O–H groups in total. The molecule has 3 aromatic rings. The number of hydrogen-bond donors (Lipinski definition) is 1. The number of nitrogens with one attached hydrogen (secondary N) is 1. The van der Waals surface area contributed by atoms with Crippen LogP contribution in [0.2, 0.25) is 0 Å². The molecule has 27 heavy (non-hydrogen) atoms. The number of hydrogen-bond acceptors (Lipinski definition) is 6. The maximum Gasteiger partial charge on any atom is 0.255 e. The van der Waals surface area contributed by atoms with E-state index in [0.29, 0.717) is 18.1 Å². The van der Waals surface area contributed by atoms with E-state index in [1.807, 2.05) is 25.1 Å². The molecule has 3 heterocycles. The van der Waals surface area contributed by atoms with Crippen LogP contribution >= 0.6 is 0 Å². The zero-order valence-corrected chi connectivity index (χ0v) is 15.4. The van der Waals surface area contributed by atoms with Crippen LogP contribution in [0.4, 0.5) is 0 Å². The molecule has 0 fully saturated rings. The van der Waals surface area contributed by atoms with E-state index in [4.69, 9.17) is 4.74 Å². The SMILES string of the molecule is COc1cccc(CN2CCc3nc(-c4cnc(C)cn4)[nH]c(=O)c3C2)c1. The van der Waals surface area contributed by atoms with Crippen LogP contribution in [0.15, 0.2) is 41.5 Å². The minimum atomic E-state index is -0.104. The van der Waals surface area contributed by atoms with E-state index in [9.17, 15) is 4.79 Å². The zero-order valence-electron chi connectivity index (χ0n) is 15.4. The molecular weight excluding hydrogens is 342 g/mol. The molecule has 7 heteroatoms. The van der Waals surface area contributed by atoms with Crippen LogP contribution in [-0.4, -0.2) is 38.5 Å². The zero-order chi connectivity index (χ0) is 18.8. The maximum atomic E-state index is 12.6. The number of ether oxygens (including phenoxy) is 1. The third-order valence-electron chi connectivity index (χ3n) is 4.71. The van der Waals surface area contributed by atoms with Gasteiger partial charge >= 0.3 is 0 Å². The van der Waals surface area contributed by atoms with Crippen molar-refractivity contribution in [2.75, 3.05) is 13.7 Å². The lowest BCUT2D eigenvalue weighted by atomic mass is 10.1. The summed E-state index contributed by atoms with van der Waals surface area (Å²) in [4.78, 5) is 30.9. The fourth-order valence-corrected chi connectivity index (χ4v) is 3.28. The van der Waals surface area contributed by atoms with Gasteiger partial charge in [0.05, 0.1) is 30.3 Å².